The van der Waals surface area contributed by atoms with E-state index in [1.54, 1.807) is 0 Å². The first-order chi connectivity index (χ1) is 8.88. The molecular formula is C15H19N3. The van der Waals surface area contributed by atoms with Gasteiger partial charge in [-0.2, -0.15) is 0 Å². The Hall–Kier alpha value is -2.03. The van der Waals surface area contributed by atoms with Crippen LogP contribution >= 0.6 is 0 Å². The predicted molar refractivity (Wildman–Crippen MR) is 77.0 cm³/mol. The van der Waals surface area contributed by atoms with Crippen molar-refractivity contribution in [3.63, 3.8) is 0 Å². The van der Waals surface area contributed by atoms with E-state index in [1.165, 1.54) is 5.56 Å². The van der Waals surface area contributed by atoms with Gasteiger partial charge in [0, 0.05) is 13.6 Å². The highest BCUT2D eigenvalue weighted by Crippen LogP contribution is 2.12. The molecule has 18 heavy (non-hydrogen) atoms. The maximum atomic E-state index is 4.17. The molecule has 3 heteroatoms. The van der Waals surface area contributed by atoms with Crippen LogP contribution in [-0.4, -0.2) is 18.6 Å². The SMILES string of the molecule is CNc1cncc(NCCCc2ccccc2)c1. The standard InChI is InChI=1S/C15H19N3/c1-16-14-10-15(12-17-11-14)18-9-5-8-13-6-3-2-4-7-13/h2-4,6-7,10-12,16,18H,5,8-9H2,1H3. The third-order valence-corrected chi connectivity index (χ3v) is 2.84. The van der Waals surface area contributed by atoms with E-state index in [-0.39, 0.29) is 0 Å². The minimum Gasteiger partial charge on any atom is -0.387 e. The number of hydrogen-bond donors (Lipinski definition) is 2. The fourth-order valence-corrected chi connectivity index (χ4v) is 1.84. The molecule has 2 rings (SSSR count). The molecule has 2 aromatic rings. The van der Waals surface area contributed by atoms with Gasteiger partial charge in [-0.3, -0.25) is 4.98 Å². The monoisotopic (exact) mass is 241 g/mol. The summed E-state index contributed by atoms with van der Waals surface area (Å²) in [6, 6.07) is 12.6. The predicted octanol–water partition coefficient (Wildman–Crippen LogP) is 3.17. The van der Waals surface area contributed by atoms with Crippen molar-refractivity contribution in [2.45, 2.75) is 12.8 Å². The van der Waals surface area contributed by atoms with Gasteiger partial charge in [0.25, 0.3) is 0 Å². The van der Waals surface area contributed by atoms with Gasteiger partial charge in [-0.05, 0) is 24.5 Å². The molecule has 0 bridgehead atoms. The zero-order valence-corrected chi connectivity index (χ0v) is 10.7. The summed E-state index contributed by atoms with van der Waals surface area (Å²) in [4.78, 5) is 4.17. The molecule has 0 aliphatic carbocycles. The van der Waals surface area contributed by atoms with Gasteiger partial charge in [0.15, 0.2) is 0 Å². The van der Waals surface area contributed by atoms with E-state index >= 15 is 0 Å². The van der Waals surface area contributed by atoms with E-state index in [4.69, 9.17) is 0 Å². The molecule has 94 valence electrons. The third kappa shape index (κ3) is 3.77. The highest BCUT2D eigenvalue weighted by molar-refractivity contribution is 5.53. The van der Waals surface area contributed by atoms with Crippen molar-refractivity contribution in [1.29, 1.82) is 0 Å². The first-order valence-electron chi connectivity index (χ1n) is 6.29. The molecule has 0 aliphatic heterocycles. The first-order valence-corrected chi connectivity index (χ1v) is 6.29. The Morgan fingerprint density at radius 1 is 1.06 bits per heavy atom. The van der Waals surface area contributed by atoms with Gasteiger partial charge in [-0.25, -0.2) is 0 Å². The lowest BCUT2D eigenvalue weighted by atomic mass is 10.1. The second-order valence-corrected chi connectivity index (χ2v) is 4.23. The quantitative estimate of drug-likeness (QED) is 0.763. The number of nitrogens with zero attached hydrogens (tertiary/aromatic N) is 1. The van der Waals surface area contributed by atoms with E-state index in [0.29, 0.717) is 0 Å². The Morgan fingerprint density at radius 3 is 2.61 bits per heavy atom. The van der Waals surface area contributed by atoms with Crippen LogP contribution in [0.1, 0.15) is 12.0 Å². The number of pyridine rings is 1. The van der Waals surface area contributed by atoms with Crippen LogP contribution in [0.15, 0.2) is 48.8 Å². The molecule has 0 amide bonds. The summed E-state index contributed by atoms with van der Waals surface area (Å²) in [6.45, 7) is 0.962. The van der Waals surface area contributed by atoms with Crippen molar-refractivity contribution in [2.75, 3.05) is 24.2 Å². The number of aryl methyl sites for hydroxylation is 1. The Labute approximate surface area is 108 Å². The summed E-state index contributed by atoms with van der Waals surface area (Å²) < 4.78 is 0. The zero-order chi connectivity index (χ0) is 12.6. The van der Waals surface area contributed by atoms with Crippen LogP contribution in [0, 0.1) is 0 Å². The minimum absolute atomic E-state index is 0.962. The zero-order valence-electron chi connectivity index (χ0n) is 10.7. The van der Waals surface area contributed by atoms with E-state index in [0.717, 1.165) is 30.8 Å². The van der Waals surface area contributed by atoms with E-state index in [9.17, 15) is 0 Å². The van der Waals surface area contributed by atoms with Crippen molar-refractivity contribution >= 4 is 11.4 Å². The molecule has 0 aliphatic rings. The molecule has 2 N–H and O–H groups in total. The first kappa shape index (κ1) is 12.4. The van der Waals surface area contributed by atoms with E-state index < -0.39 is 0 Å². The summed E-state index contributed by atoms with van der Waals surface area (Å²) >= 11 is 0. The lowest BCUT2D eigenvalue weighted by Crippen LogP contribution is -2.03. The topological polar surface area (TPSA) is 37.0 Å². The van der Waals surface area contributed by atoms with Crippen LogP contribution in [0.2, 0.25) is 0 Å². The molecule has 1 heterocycles. The normalized spacial score (nSPS) is 10.1. The average molecular weight is 241 g/mol. The van der Waals surface area contributed by atoms with Crippen LogP contribution in [0.3, 0.4) is 0 Å². The molecule has 1 aromatic heterocycles. The summed E-state index contributed by atoms with van der Waals surface area (Å²) in [5.74, 6) is 0. The number of aromatic nitrogens is 1. The molecule has 0 spiro atoms. The Bertz CT molecular complexity index is 468. The molecule has 0 unspecified atom stereocenters. The number of benzene rings is 1. The van der Waals surface area contributed by atoms with Crippen molar-refractivity contribution in [2.24, 2.45) is 0 Å². The third-order valence-electron chi connectivity index (χ3n) is 2.84. The van der Waals surface area contributed by atoms with Crippen LogP contribution in [0.25, 0.3) is 0 Å². The van der Waals surface area contributed by atoms with E-state index in [1.807, 2.05) is 19.4 Å². The van der Waals surface area contributed by atoms with E-state index in [2.05, 4.69) is 52.0 Å². The van der Waals surface area contributed by atoms with Gasteiger partial charge in [-0.15, -0.1) is 0 Å². The molecule has 0 saturated heterocycles. The van der Waals surface area contributed by atoms with Gasteiger partial charge in [0.1, 0.15) is 0 Å². The Morgan fingerprint density at radius 2 is 1.83 bits per heavy atom. The molecule has 0 fully saturated rings. The number of anilines is 2. The van der Waals surface area contributed by atoms with Crippen molar-refractivity contribution < 1.29 is 0 Å². The second kappa shape index (κ2) is 6.64. The van der Waals surface area contributed by atoms with Crippen LogP contribution in [-0.2, 0) is 6.42 Å². The minimum atomic E-state index is 0.962. The Balaban J connectivity index is 1.75. The Kier molecular flexibility index (Phi) is 4.59. The van der Waals surface area contributed by atoms with Crippen LogP contribution < -0.4 is 10.6 Å². The number of nitrogens with one attached hydrogen (secondary N) is 2. The lowest BCUT2D eigenvalue weighted by Gasteiger charge is -2.07. The van der Waals surface area contributed by atoms with Gasteiger partial charge >= 0.3 is 0 Å². The molecule has 0 radical (unpaired) electrons. The lowest BCUT2D eigenvalue weighted by molar-refractivity contribution is 0.862. The summed E-state index contributed by atoms with van der Waals surface area (Å²) in [5, 5.41) is 6.47. The fourth-order valence-electron chi connectivity index (χ4n) is 1.84. The average Bonchev–Trinajstić information content (AvgIpc) is 2.45. The fraction of sp³-hybridized carbons (Fsp3) is 0.267. The van der Waals surface area contributed by atoms with Gasteiger partial charge in [0.2, 0.25) is 0 Å². The summed E-state index contributed by atoms with van der Waals surface area (Å²) in [6.07, 6.45) is 5.89. The number of hydrogen-bond acceptors (Lipinski definition) is 3. The van der Waals surface area contributed by atoms with Crippen molar-refractivity contribution in [1.82, 2.24) is 4.98 Å². The molecule has 1 aromatic carbocycles. The summed E-state index contributed by atoms with van der Waals surface area (Å²) in [5.41, 5.74) is 3.49. The smallest absolute Gasteiger partial charge is 0.0547 e. The maximum absolute atomic E-state index is 4.17. The second-order valence-electron chi connectivity index (χ2n) is 4.23. The number of rotatable bonds is 6. The molecule has 0 saturated carbocycles. The highest BCUT2D eigenvalue weighted by Gasteiger charge is 1.95. The van der Waals surface area contributed by atoms with Gasteiger partial charge < -0.3 is 10.6 Å². The summed E-state index contributed by atoms with van der Waals surface area (Å²) in [7, 11) is 1.90. The van der Waals surface area contributed by atoms with Crippen molar-refractivity contribution in [3.05, 3.63) is 54.4 Å². The van der Waals surface area contributed by atoms with Crippen molar-refractivity contribution in [3.8, 4) is 0 Å². The van der Waals surface area contributed by atoms with Crippen LogP contribution in [0.4, 0.5) is 11.4 Å². The van der Waals surface area contributed by atoms with Gasteiger partial charge in [-0.1, -0.05) is 30.3 Å². The molecule has 3 nitrogen and oxygen atoms in total. The maximum Gasteiger partial charge on any atom is 0.0547 e. The molecular weight excluding hydrogens is 222 g/mol. The molecule has 0 atom stereocenters. The van der Waals surface area contributed by atoms with Gasteiger partial charge in [0.05, 0.1) is 23.8 Å². The highest BCUT2D eigenvalue weighted by atomic mass is 14.9. The largest absolute Gasteiger partial charge is 0.387 e. The van der Waals surface area contributed by atoms with Crippen LogP contribution in [0.5, 0.6) is 0 Å².